The van der Waals surface area contributed by atoms with Crippen LogP contribution in [0.5, 0.6) is 0 Å². The first-order valence-electron chi connectivity index (χ1n) is 5.72. The molecular weight excluding hydrogens is 232 g/mol. The predicted octanol–water partition coefficient (Wildman–Crippen LogP) is 1.73. The topological polar surface area (TPSA) is 104 Å². The Hall–Kier alpha value is -2.23. The molecule has 0 saturated carbocycles. The van der Waals surface area contributed by atoms with E-state index in [-0.39, 0.29) is 5.41 Å². The van der Waals surface area contributed by atoms with Crippen LogP contribution in [-0.4, -0.2) is 25.6 Å². The lowest BCUT2D eigenvalue weighted by Gasteiger charge is -2.22. The van der Waals surface area contributed by atoms with Crippen molar-refractivity contribution in [3.63, 3.8) is 0 Å². The first-order chi connectivity index (χ1) is 8.67. The minimum Gasteiger partial charge on any atom is -0.339 e. The summed E-state index contributed by atoms with van der Waals surface area (Å²) in [4.78, 5) is 4.26. The highest BCUT2D eigenvalue weighted by Gasteiger charge is 2.26. The van der Waals surface area contributed by atoms with Crippen LogP contribution in [0.1, 0.15) is 32.6 Å². The number of nitrogens with zero attached hydrogens (tertiary/aromatic N) is 5. The maximum atomic E-state index is 8.83. The third-order valence-electron chi connectivity index (χ3n) is 3.05. The highest BCUT2D eigenvalue weighted by molar-refractivity contribution is 5.44. The summed E-state index contributed by atoms with van der Waals surface area (Å²) in [5.74, 6) is 0.932. The van der Waals surface area contributed by atoms with Crippen LogP contribution in [0.25, 0.3) is 11.5 Å². The molecule has 0 radical (unpaired) electrons. The van der Waals surface area contributed by atoms with Gasteiger partial charge < -0.3 is 4.52 Å². The zero-order valence-corrected chi connectivity index (χ0v) is 10.3. The molecule has 94 valence electrons. The number of nitriles is 1. The van der Waals surface area contributed by atoms with E-state index in [9.17, 15) is 0 Å². The molecule has 1 unspecified atom stereocenters. The van der Waals surface area contributed by atoms with Crippen LogP contribution >= 0.6 is 0 Å². The Bertz CT molecular complexity index is 540. The van der Waals surface area contributed by atoms with Gasteiger partial charge in [-0.15, -0.1) is 0 Å². The Morgan fingerprint density at radius 3 is 3.00 bits per heavy atom. The Balaban J connectivity index is 2.14. The Morgan fingerprint density at radius 2 is 2.39 bits per heavy atom. The van der Waals surface area contributed by atoms with Crippen molar-refractivity contribution >= 4 is 0 Å². The molecule has 0 saturated heterocycles. The highest BCUT2D eigenvalue weighted by atomic mass is 16.5. The molecule has 1 atom stereocenters. The molecule has 0 aromatic carbocycles. The number of nitrogens with one attached hydrogen (secondary N) is 1. The second-order valence-corrected chi connectivity index (χ2v) is 4.54. The van der Waals surface area contributed by atoms with Crippen LogP contribution < -0.4 is 0 Å². The van der Waals surface area contributed by atoms with E-state index in [1.165, 1.54) is 6.20 Å². The molecular formula is C11H14N6O. The second-order valence-electron chi connectivity index (χ2n) is 4.54. The Morgan fingerprint density at radius 1 is 1.56 bits per heavy atom. The average Bonchev–Trinajstić information content (AvgIpc) is 2.99. The molecule has 2 heterocycles. The molecule has 1 N–H and O–H groups in total. The number of H-pyrrole nitrogens is 1. The van der Waals surface area contributed by atoms with Gasteiger partial charge in [-0.25, -0.2) is 0 Å². The third kappa shape index (κ3) is 2.53. The van der Waals surface area contributed by atoms with E-state index < -0.39 is 0 Å². The largest absolute Gasteiger partial charge is 0.339 e. The van der Waals surface area contributed by atoms with Crippen molar-refractivity contribution in [3.8, 4) is 17.6 Å². The SMILES string of the molecule is CCC(C)(CC#N)Cc1nc(-c2cn[nH]n2)no1. The summed E-state index contributed by atoms with van der Waals surface area (Å²) in [5.41, 5.74) is 0.408. The number of hydrogen-bond donors (Lipinski definition) is 1. The first kappa shape index (κ1) is 12.2. The van der Waals surface area contributed by atoms with Gasteiger partial charge in [0.15, 0.2) is 5.69 Å². The molecule has 0 bridgehead atoms. The van der Waals surface area contributed by atoms with Crippen molar-refractivity contribution in [1.82, 2.24) is 25.6 Å². The van der Waals surface area contributed by atoms with Gasteiger partial charge in [-0.2, -0.15) is 25.7 Å². The molecule has 7 nitrogen and oxygen atoms in total. The van der Waals surface area contributed by atoms with Crippen molar-refractivity contribution in [3.05, 3.63) is 12.1 Å². The normalized spacial score (nSPS) is 14.1. The van der Waals surface area contributed by atoms with E-state index in [1.54, 1.807) is 0 Å². The lowest BCUT2D eigenvalue weighted by Crippen LogP contribution is -2.18. The van der Waals surface area contributed by atoms with Gasteiger partial charge in [0.05, 0.1) is 12.3 Å². The van der Waals surface area contributed by atoms with E-state index in [0.29, 0.717) is 30.3 Å². The summed E-state index contributed by atoms with van der Waals surface area (Å²) in [5, 5.41) is 22.7. The molecule has 0 aliphatic carbocycles. The number of aromatic amines is 1. The van der Waals surface area contributed by atoms with Crippen LogP contribution in [-0.2, 0) is 6.42 Å². The maximum Gasteiger partial charge on any atom is 0.227 e. The van der Waals surface area contributed by atoms with Gasteiger partial charge in [0.2, 0.25) is 11.7 Å². The zero-order chi connectivity index (χ0) is 13.0. The summed E-state index contributed by atoms with van der Waals surface area (Å²) in [6.45, 7) is 4.09. The highest BCUT2D eigenvalue weighted by Crippen LogP contribution is 2.29. The average molecular weight is 246 g/mol. The minimum atomic E-state index is -0.137. The predicted molar refractivity (Wildman–Crippen MR) is 62.0 cm³/mol. The fraction of sp³-hybridized carbons (Fsp3) is 0.545. The van der Waals surface area contributed by atoms with Crippen LogP contribution in [0.3, 0.4) is 0 Å². The van der Waals surface area contributed by atoms with Gasteiger partial charge in [0.1, 0.15) is 0 Å². The monoisotopic (exact) mass is 246 g/mol. The van der Waals surface area contributed by atoms with Gasteiger partial charge >= 0.3 is 0 Å². The van der Waals surface area contributed by atoms with Crippen molar-refractivity contribution in [1.29, 1.82) is 5.26 Å². The fourth-order valence-electron chi connectivity index (χ4n) is 1.61. The van der Waals surface area contributed by atoms with E-state index in [0.717, 1.165) is 6.42 Å². The molecule has 0 aliphatic heterocycles. The smallest absolute Gasteiger partial charge is 0.227 e. The summed E-state index contributed by atoms with van der Waals surface area (Å²) in [6.07, 6.45) is 3.46. The number of aromatic nitrogens is 5. The molecule has 2 aromatic rings. The van der Waals surface area contributed by atoms with Gasteiger partial charge in [-0.3, -0.25) is 0 Å². The first-order valence-corrected chi connectivity index (χ1v) is 5.72. The van der Waals surface area contributed by atoms with Crippen molar-refractivity contribution in [2.24, 2.45) is 5.41 Å². The lowest BCUT2D eigenvalue weighted by atomic mass is 9.81. The second kappa shape index (κ2) is 4.96. The summed E-state index contributed by atoms with van der Waals surface area (Å²) in [7, 11) is 0. The fourth-order valence-corrected chi connectivity index (χ4v) is 1.61. The molecule has 0 amide bonds. The molecule has 2 aromatic heterocycles. The molecule has 0 fully saturated rings. The van der Waals surface area contributed by atoms with E-state index in [4.69, 9.17) is 9.78 Å². The molecule has 0 spiro atoms. The van der Waals surface area contributed by atoms with Gasteiger partial charge in [-0.1, -0.05) is 19.0 Å². The van der Waals surface area contributed by atoms with E-state index >= 15 is 0 Å². The number of hydrogen-bond acceptors (Lipinski definition) is 6. The maximum absolute atomic E-state index is 8.83. The van der Waals surface area contributed by atoms with Gasteiger partial charge in [0, 0.05) is 12.8 Å². The van der Waals surface area contributed by atoms with Crippen LogP contribution in [0.2, 0.25) is 0 Å². The Kier molecular flexibility index (Phi) is 3.37. The quantitative estimate of drug-likeness (QED) is 0.861. The number of rotatable bonds is 5. The van der Waals surface area contributed by atoms with Crippen molar-refractivity contribution < 1.29 is 4.52 Å². The van der Waals surface area contributed by atoms with Crippen LogP contribution in [0.15, 0.2) is 10.7 Å². The van der Waals surface area contributed by atoms with E-state index in [2.05, 4.69) is 31.6 Å². The van der Waals surface area contributed by atoms with Crippen molar-refractivity contribution in [2.45, 2.75) is 33.1 Å². The third-order valence-corrected chi connectivity index (χ3v) is 3.05. The van der Waals surface area contributed by atoms with Gasteiger partial charge in [0.25, 0.3) is 0 Å². The molecule has 2 rings (SSSR count). The standard InChI is InChI=1S/C11H14N6O/c1-3-11(2,4-5-12)6-9-14-10(16-18-9)8-7-13-17-15-8/h7H,3-4,6H2,1-2H3,(H,13,15,17). The van der Waals surface area contributed by atoms with Crippen molar-refractivity contribution in [2.75, 3.05) is 0 Å². The summed E-state index contributed by atoms with van der Waals surface area (Å²) in [6, 6.07) is 2.20. The van der Waals surface area contributed by atoms with Crippen LogP contribution in [0.4, 0.5) is 0 Å². The van der Waals surface area contributed by atoms with Gasteiger partial charge in [-0.05, 0) is 11.8 Å². The van der Waals surface area contributed by atoms with Crippen LogP contribution in [0, 0.1) is 16.7 Å². The molecule has 7 heteroatoms. The summed E-state index contributed by atoms with van der Waals surface area (Å²) < 4.78 is 5.18. The molecule has 0 aliphatic rings. The zero-order valence-electron chi connectivity index (χ0n) is 10.3. The summed E-state index contributed by atoms with van der Waals surface area (Å²) >= 11 is 0. The van der Waals surface area contributed by atoms with E-state index in [1.807, 2.05) is 13.8 Å². The molecule has 18 heavy (non-hydrogen) atoms. The lowest BCUT2D eigenvalue weighted by molar-refractivity contribution is 0.266. The minimum absolute atomic E-state index is 0.137. The Labute approximate surface area is 104 Å².